The first-order valence-corrected chi connectivity index (χ1v) is 26.3. The second kappa shape index (κ2) is 19.1. The molecule has 1 fully saturated rings. The van der Waals surface area contributed by atoms with Crippen molar-refractivity contribution in [1.29, 1.82) is 0 Å². The van der Waals surface area contributed by atoms with Crippen LogP contribution in [0.5, 0.6) is 0 Å². The van der Waals surface area contributed by atoms with E-state index in [9.17, 15) is 4.79 Å². The van der Waals surface area contributed by atoms with Gasteiger partial charge in [0.05, 0.1) is 0 Å². The maximum absolute atomic E-state index is 14.5. The van der Waals surface area contributed by atoms with Crippen molar-refractivity contribution < 1.29 is 4.79 Å². The number of carbonyl (C=O) groups is 1. The number of hydrogen-bond donors (Lipinski definition) is 0. The molecule has 0 aliphatic carbocycles. The highest BCUT2D eigenvalue weighted by molar-refractivity contribution is 6.13. The lowest BCUT2D eigenvalue weighted by atomic mass is 9.92. The molecule has 0 bridgehead atoms. The molecule has 0 radical (unpaired) electrons. The molecule has 2 amide bonds. The van der Waals surface area contributed by atoms with Gasteiger partial charge in [0.15, 0.2) is 0 Å². The molecule has 12 aromatic carbocycles. The minimum atomic E-state index is -0.0394. The maximum Gasteiger partial charge on any atom is 0.329 e. The lowest BCUT2D eigenvalue weighted by Gasteiger charge is -2.28. The summed E-state index contributed by atoms with van der Waals surface area (Å²) < 4.78 is 0. The van der Waals surface area contributed by atoms with Gasteiger partial charge in [0.2, 0.25) is 0 Å². The first-order valence-electron chi connectivity index (χ1n) is 26.3. The first kappa shape index (κ1) is 46.3. The average Bonchev–Trinajstić information content (AvgIpc) is 3.88. The highest BCUT2D eigenvalue weighted by Gasteiger charge is 2.31. The number of hydrogen-bond acceptors (Lipinski definition) is 3. The van der Waals surface area contributed by atoms with Gasteiger partial charge in [-0.25, -0.2) is 4.79 Å². The van der Waals surface area contributed by atoms with Crippen LogP contribution in [0.4, 0.5) is 50.3 Å². The predicted octanol–water partition coefficient (Wildman–Crippen LogP) is 19.3. The Labute approximate surface area is 444 Å². The van der Waals surface area contributed by atoms with Crippen molar-refractivity contribution in [1.82, 2.24) is 0 Å². The summed E-state index contributed by atoms with van der Waals surface area (Å²) in [5.41, 5.74) is 17.9. The third-order valence-corrected chi connectivity index (χ3v) is 16.0. The second-order valence-corrected chi connectivity index (χ2v) is 20.2. The number of urea groups is 1. The van der Waals surface area contributed by atoms with Crippen LogP contribution in [0.3, 0.4) is 0 Å². The van der Waals surface area contributed by atoms with Crippen LogP contribution in [0, 0.1) is 27.7 Å². The molecule has 76 heavy (non-hydrogen) atoms. The van der Waals surface area contributed by atoms with E-state index in [4.69, 9.17) is 0 Å². The lowest BCUT2D eigenvalue weighted by molar-refractivity contribution is 0.256. The number of aryl methyl sites for hydroxylation is 4. The van der Waals surface area contributed by atoms with Crippen molar-refractivity contribution >= 4 is 94.6 Å². The number of benzene rings is 12. The van der Waals surface area contributed by atoms with Crippen LogP contribution in [-0.4, -0.2) is 19.1 Å². The van der Waals surface area contributed by atoms with Crippen molar-refractivity contribution in [2.24, 2.45) is 0 Å². The Morgan fingerprint density at radius 2 is 0.553 bits per heavy atom. The fourth-order valence-corrected chi connectivity index (χ4v) is 11.7. The third kappa shape index (κ3) is 8.09. The molecule has 1 aliphatic heterocycles. The summed E-state index contributed by atoms with van der Waals surface area (Å²) in [4.78, 5) is 23.0. The molecular weight excluding hydrogens is 925 g/mol. The molecule has 5 heteroatoms. The quantitative estimate of drug-likeness (QED) is 0.128. The van der Waals surface area contributed by atoms with E-state index in [2.05, 4.69) is 280 Å². The molecular formula is C71H56N4O. The Morgan fingerprint density at radius 3 is 0.921 bits per heavy atom. The van der Waals surface area contributed by atoms with Gasteiger partial charge in [-0.2, -0.15) is 0 Å². The summed E-state index contributed by atoms with van der Waals surface area (Å²) in [6.45, 7) is 10.1. The van der Waals surface area contributed by atoms with Crippen molar-refractivity contribution in [3.63, 3.8) is 0 Å². The molecule has 0 saturated carbocycles. The van der Waals surface area contributed by atoms with Crippen LogP contribution >= 0.6 is 0 Å². The zero-order valence-corrected chi connectivity index (χ0v) is 43.2. The molecule has 0 N–H and O–H groups in total. The van der Waals surface area contributed by atoms with E-state index in [1.807, 2.05) is 9.80 Å². The number of carbonyl (C=O) groups excluding carboxylic acids is 1. The molecule has 13 rings (SSSR count). The molecule has 0 atom stereocenters. The van der Waals surface area contributed by atoms with Crippen molar-refractivity contribution in [3.8, 4) is 22.3 Å². The number of nitrogens with zero attached hydrogens (tertiary/aromatic N) is 4. The summed E-state index contributed by atoms with van der Waals surface area (Å²) >= 11 is 0. The number of amides is 2. The Bertz CT molecular complexity index is 3880. The van der Waals surface area contributed by atoms with Gasteiger partial charge < -0.3 is 9.80 Å². The van der Waals surface area contributed by atoms with Gasteiger partial charge >= 0.3 is 6.03 Å². The summed E-state index contributed by atoms with van der Waals surface area (Å²) in [5, 5.41) is 10.1. The van der Waals surface area contributed by atoms with Gasteiger partial charge in [0, 0.05) is 58.6 Å². The van der Waals surface area contributed by atoms with Gasteiger partial charge in [-0.3, -0.25) is 9.80 Å². The van der Waals surface area contributed by atoms with E-state index in [0.717, 1.165) is 56.6 Å². The maximum atomic E-state index is 14.5. The van der Waals surface area contributed by atoms with E-state index >= 15 is 0 Å². The highest BCUT2D eigenvalue weighted by atomic mass is 16.2. The molecule has 0 spiro atoms. The average molecular weight is 981 g/mol. The predicted molar refractivity (Wildman–Crippen MR) is 322 cm³/mol. The van der Waals surface area contributed by atoms with Crippen LogP contribution in [0.2, 0.25) is 0 Å². The molecule has 1 heterocycles. The van der Waals surface area contributed by atoms with Crippen LogP contribution in [0.1, 0.15) is 22.3 Å². The fraction of sp³-hybridized carbons (Fsp3) is 0.0845. The lowest BCUT2D eigenvalue weighted by Crippen LogP contribution is -2.31. The molecule has 5 nitrogen and oxygen atoms in total. The largest absolute Gasteiger partial charge is 0.329 e. The monoisotopic (exact) mass is 980 g/mol. The van der Waals surface area contributed by atoms with Gasteiger partial charge in [-0.05, 0) is 212 Å². The van der Waals surface area contributed by atoms with Crippen LogP contribution < -0.4 is 19.6 Å². The highest BCUT2D eigenvalue weighted by Crippen LogP contribution is 2.43. The summed E-state index contributed by atoms with van der Waals surface area (Å²) in [6.07, 6.45) is 0. The molecule has 12 aromatic rings. The van der Waals surface area contributed by atoms with E-state index in [1.54, 1.807) is 0 Å². The topological polar surface area (TPSA) is 30.0 Å². The van der Waals surface area contributed by atoms with Gasteiger partial charge in [-0.1, -0.05) is 146 Å². The van der Waals surface area contributed by atoms with Gasteiger partial charge in [0.1, 0.15) is 0 Å². The van der Waals surface area contributed by atoms with Crippen LogP contribution in [0.25, 0.3) is 65.3 Å². The Morgan fingerprint density at radius 1 is 0.276 bits per heavy atom. The Balaban J connectivity index is 0.811. The zero-order valence-electron chi connectivity index (χ0n) is 43.2. The first-order chi connectivity index (χ1) is 37.3. The molecule has 366 valence electrons. The fourth-order valence-electron chi connectivity index (χ4n) is 11.7. The normalized spacial score (nSPS) is 12.6. The second-order valence-electron chi connectivity index (χ2n) is 20.2. The van der Waals surface area contributed by atoms with Crippen molar-refractivity contribution in [2.75, 3.05) is 32.7 Å². The summed E-state index contributed by atoms with van der Waals surface area (Å²) in [5.74, 6) is 0. The number of anilines is 8. The van der Waals surface area contributed by atoms with Gasteiger partial charge in [0.25, 0.3) is 0 Å². The minimum Gasteiger partial charge on any atom is -0.310 e. The van der Waals surface area contributed by atoms with Gasteiger partial charge in [-0.15, -0.1) is 0 Å². The minimum absolute atomic E-state index is 0.0394. The number of rotatable bonds is 10. The molecule has 1 saturated heterocycles. The van der Waals surface area contributed by atoms with E-state index < -0.39 is 0 Å². The number of fused-ring (bicyclic) bond motifs is 6. The summed E-state index contributed by atoms with van der Waals surface area (Å²) in [6, 6.07) is 86.7. The Kier molecular flexibility index (Phi) is 11.7. The standard InChI is InChI=1S/C71H56N4O/c1-47-49(3)69-45-61(39-41-67(69)65-21-13-11-19-63(47)65)74(57-27-23-53(24-28-57)51-15-7-5-8-16-51)59-35-31-55(32-36-59)72-43-44-73(71(72)76)56-33-37-60(38-34-56)75(58-29-25-54(26-30-58)52-17-9-6-10-18-52)62-40-42-68-66-22-14-12-20-64(66)48(2)50(4)70(68)46-62/h5-42,45-46H,43-44H2,1-4H3. The SMILES string of the molecule is Cc1c(C)c2cc(N(c3ccc(-c4ccccc4)cc3)c3ccc(N4CCN(c5ccc(N(c6ccc(-c7ccccc7)cc6)c6ccc7c(c6)c(C)c(C)c6ccccc67)cc5)C4=O)cc3)ccc2c2ccccc12. The van der Waals surface area contributed by atoms with Crippen molar-refractivity contribution in [3.05, 3.63) is 265 Å². The Hall–Kier alpha value is -9.45. The van der Waals surface area contributed by atoms with Crippen LogP contribution in [-0.2, 0) is 0 Å². The zero-order chi connectivity index (χ0) is 51.4. The smallest absolute Gasteiger partial charge is 0.310 e. The molecule has 0 unspecified atom stereocenters. The van der Waals surface area contributed by atoms with E-state index in [1.165, 1.54) is 76.5 Å². The third-order valence-electron chi connectivity index (χ3n) is 16.0. The molecule has 0 aromatic heterocycles. The van der Waals surface area contributed by atoms with Crippen molar-refractivity contribution in [2.45, 2.75) is 27.7 Å². The molecule has 1 aliphatic rings. The van der Waals surface area contributed by atoms with Crippen LogP contribution in [0.15, 0.2) is 243 Å². The van der Waals surface area contributed by atoms with E-state index in [0.29, 0.717) is 13.1 Å². The van der Waals surface area contributed by atoms with E-state index in [-0.39, 0.29) is 6.03 Å². The summed E-state index contributed by atoms with van der Waals surface area (Å²) in [7, 11) is 0.